The van der Waals surface area contributed by atoms with Crippen molar-refractivity contribution >= 4 is 15.8 Å². The van der Waals surface area contributed by atoms with E-state index in [1.54, 1.807) is 0 Å². The molecule has 0 fully saturated rings. The summed E-state index contributed by atoms with van der Waals surface area (Å²) in [7, 11) is -2.10. The van der Waals surface area contributed by atoms with Crippen molar-refractivity contribution in [2.75, 3.05) is 12.9 Å². The van der Waals surface area contributed by atoms with Gasteiger partial charge in [0.2, 0.25) is 0 Å². The van der Waals surface area contributed by atoms with E-state index in [1.807, 2.05) is 0 Å². The van der Waals surface area contributed by atoms with Crippen molar-refractivity contribution in [2.45, 2.75) is 11.8 Å². The first-order valence-electron chi connectivity index (χ1n) is 4.28. The van der Waals surface area contributed by atoms with Gasteiger partial charge in [0.05, 0.1) is 17.8 Å². The highest BCUT2D eigenvalue weighted by Gasteiger charge is 2.15. The van der Waals surface area contributed by atoms with Gasteiger partial charge in [-0.3, -0.25) is 0 Å². The molecule has 0 saturated heterocycles. The summed E-state index contributed by atoms with van der Waals surface area (Å²) in [5.41, 5.74) is -0.00738. The molecule has 0 aromatic carbocycles. The summed E-state index contributed by atoms with van der Waals surface area (Å²) in [6.45, 7) is 1.54. The molecule has 0 N–H and O–H groups in total. The molecule has 0 saturated carbocycles. The highest BCUT2D eigenvalue weighted by atomic mass is 32.2. The zero-order chi connectivity index (χ0) is 11.5. The zero-order valence-electron chi connectivity index (χ0n) is 8.43. The van der Waals surface area contributed by atoms with Gasteiger partial charge in [-0.2, -0.15) is 0 Å². The number of carbonyl (C=O) groups is 1. The Morgan fingerprint density at radius 1 is 1.53 bits per heavy atom. The van der Waals surface area contributed by atoms with Gasteiger partial charge in [-0.25, -0.2) is 18.2 Å². The third-order valence-corrected chi connectivity index (χ3v) is 3.60. The number of esters is 1. The molecule has 5 nitrogen and oxygen atoms in total. The molecule has 0 amide bonds. The number of hydrogen-bond acceptors (Lipinski definition) is 5. The lowest BCUT2D eigenvalue weighted by atomic mass is 10.3. The van der Waals surface area contributed by atoms with E-state index in [0.29, 0.717) is 0 Å². The van der Waals surface area contributed by atoms with Crippen LogP contribution in [0.1, 0.15) is 17.4 Å². The number of nitrogens with zero attached hydrogens (tertiary/aromatic N) is 1. The minimum Gasteiger partial charge on any atom is -0.464 e. The quantitative estimate of drug-likeness (QED) is 0.712. The number of sulfone groups is 1. The molecule has 15 heavy (non-hydrogen) atoms. The summed E-state index contributed by atoms with van der Waals surface area (Å²) in [6, 6.07) is 2.57. The molecule has 0 atom stereocenters. The minimum atomic E-state index is -3.31. The number of rotatable bonds is 3. The maximum absolute atomic E-state index is 11.5. The predicted molar refractivity (Wildman–Crippen MR) is 53.3 cm³/mol. The molecule has 1 heterocycles. The highest BCUT2D eigenvalue weighted by molar-refractivity contribution is 7.91. The number of carbonyl (C=O) groups excluding carboxylic acids is 1. The van der Waals surface area contributed by atoms with Crippen LogP contribution in [0.5, 0.6) is 0 Å². The Kier molecular flexibility index (Phi) is 3.41. The maximum atomic E-state index is 11.5. The summed E-state index contributed by atoms with van der Waals surface area (Å²) < 4.78 is 27.4. The van der Waals surface area contributed by atoms with Gasteiger partial charge in [0.1, 0.15) is 5.69 Å². The predicted octanol–water partition coefficient (Wildman–Crippen LogP) is 0.662. The van der Waals surface area contributed by atoms with Gasteiger partial charge in [-0.05, 0) is 12.1 Å². The lowest BCUT2D eigenvalue weighted by Crippen LogP contribution is -2.08. The Morgan fingerprint density at radius 2 is 2.20 bits per heavy atom. The molecule has 82 valence electrons. The van der Waals surface area contributed by atoms with Crippen LogP contribution in [0.2, 0.25) is 0 Å². The van der Waals surface area contributed by atoms with Crippen LogP contribution in [0.25, 0.3) is 0 Å². The molecule has 1 aromatic heterocycles. The van der Waals surface area contributed by atoms with Crippen LogP contribution in [0.4, 0.5) is 0 Å². The van der Waals surface area contributed by atoms with E-state index in [1.165, 1.54) is 32.4 Å². The molecule has 0 spiro atoms. The van der Waals surface area contributed by atoms with Crippen molar-refractivity contribution in [2.24, 2.45) is 0 Å². The average molecular weight is 229 g/mol. The number of aromatic nitrogens is 1. The lowest BCUT2D eigenvalue weighted by molar-refractivity contribution is 0.0593. The fourth-order valence-corrected chi connectivity index (χ4v) is 1.88. The van der Waals surface area contributed by atoms with E-state index in [2.05, 4.69) is 9.72 Å². The van der Waals surface area contributed by atoms with Crippen molar-refractivity contribution < 1.29 is 17.9 Å². The van der Waals surface area contributed by atoms with Crippen molar-refractivity contribution in [1.29, 1.82) is 0 Å². The van der Waals surface area contributed by atoms with E-state index < -0.39 is 15.8 Å². The average Bonchev–Trinajstić information content (AvgIpc) is 2.28. The second-order valence-corrected chi connectivity index (χ2v) is 5.05. The van der Waals surface area contributed by atoms with Crippen LogP contribution in [0.3, 0.4) is 0 Å². The summed E-state index contributed by atoms with van der Waals surface area (Å²) in [5, 5.41) is 0. The zero-order valence-corrected chi connectivity index (χ0v) is 9.24. The standard InChI is InChI=1S/C9H11NO4S/c1-3-15(12,13)7-4-5-10-8(6-7)9(11)14-2/h4-6H,3H2,1-2H3. The number of methoxy groups -OCH3 is 1. The molecule has 1 rings (SSSR count). The monoisotopic (exact) mass is 229 g/mol. The Hall–Kier alpha value is -1.43. The molecular formula is C9H11NO4S. The third kappa shape index (κ3) is 2.53. The first-order chi connectivity index (χ1) is 7.01. The molecule has 0 aliphatic carbocycles. The second-order valence-electron chi connectivity index (χ2n) is 2.77. The first kappa shape index (κ1) is 11.6. The number of pyridine rings is 1. The van der Waals surface area contributed by atoms with Crippen LogP contribution >= 0.6 is 0 Å². The van der Waals surface area contributed by atoms with Crippen LogP contribution in [0.15, 0.2) is 23.2 Å². The van der Waals surface area contributed by atoms with Crippen molar-refractivity contribution in [1.82, 2.24) is 4.98 Å². The molecule has 0 radical (unpaired) electrons. The Bertz CT molecular complexity index is 467. The third-order valence-electron chi connectivity index (χ3n) is 1.87. The molecule has 0 unspecified atom stereocenters. The van der Waals surface area contributed by atoms with Gasteiger partial charge in [0.15, 0.2) is 9.84 Å². The Balaban J connectivity index is 3.20. The van der Waals surface area contributed by atoms with Gasteiger partial charge < -0.3 is 4.74 Å². The van der Waals surface area contributed by atoms with Crippen LogP contribution in [-0.4, -0.2) is 32.2 Å². The summed E-state index contributed by atoms with van der Waals surface area (Å²) in [5.74, 6) is -0.666. The van der Waals surface area contributed by atoms with Crippen LogP contribution in [0, 0.1) is 0 Å². The largest absolute Gasteiger partial charge is 0.464 e. The van der Waals surface area contributed by atoms with Gasteiger partial charge in [-0.15, -0.1) is 0 Å². The van der Waals surface area contributed by atoms with Gasteiger partial charge in [0, 0.05) is 6.20 Å². The van der Waals surface area contributed by atoms with Crippen LogP contribution < -0.4 is 0 Å². The van der Waals surface area contributed by atoms with Gasteiger partial charge >= 0.3 is 5.97 Å². The minimum absolute atomic E-state index is 0.00738. The summed E-state index contributed by atoms with van der Waals surface area (Å²) >= 11 is 0. The van der Waals surface area contributed by atoms with Crippen LogP contribution in [-0.2, 0) is 14.6 Å². The highest BCUT2D eigenvalue weighted by Crippen LogP contribution is 2.11. The smallest absolute Gasteiger partial charge is 0.356 e. The summed E-state index contributed by atoms with van der Waals surface area (Å²) in [4.78, 5) is 14.9. The molecule has 0 aliphatic rings. The normalized spacial score (nSPS) is 11.1. The molecular weight excluding hydrogens is 218 g/mol. The van der Waals surface area contributed by atoms with E-state index in [4.69, 9.17) is 0 Å². The van der Waals surface area contributed by atoms with Crippen molar-refractivity contribution in [3.05, 3.63) is 24.0 Å². The maximum Gasteiger partial charge on any atom is 0.356 e. The Morgan fingerprint density at radius 3 is 2.73 bits per heavy atom. The van der Waals surface area contributed by atoms with E-state index >= 15 is 0 Å². The van der Waals surface area contributed by atoms with E-state index in [9.17, 15) is 13.2 Å². The van der Waals surface area contributed by atoms with Gasteiger partial charge in [-0.1, -0.05) is 6.92 Å². The molecule has 6 heteroatoms. The second kappa shape index (κ2) is 4.39. The molecule has 0 aliphatic heterocycles. The lowest BCUT2D eigenvalue weighted by Gasteiger charge is -2.02. The van der Waals surface area contributed by atoms with E-state index in [-0.39, 0.29) is 16.3 Å². The Labute approximate surface area is 88.0 Å². The molecule has 0 bridgehead atoms. The SMILES string of the molecule is CCS(=O)(=O)c1ccnc(C(=O)OC)c1. The van der Waals surface area contributed by atoms with Crippen molar-refractivity contribution in [3.63, 3.8) is 0 Å². The summed E-state index contributed by atoms with van der Waals surface area (Å²) in [6.07, 6.45) is 1.27. The number of ether oxygens (including phenoxy) is 1. The van der Waals surface area contributed by atoms with E-state index in [0.717, 1.165) is 0 Å². The fourth-order valence-electron chi connectivity index (χ4n) is 0.987. The van der Waals surface area contributed by atoms with Gasteiger partial charge in [0.25, 0.3) is 0 Å². The molecule has 1 aromatic rings. The first-order valence-corrected chi connectivity index (χ1v) is 5.93. The van der Waals surface area contributed by atoms with Crippen molar-refractivity contribution in [3.8, 4) is 0 Å². The number of hydrogen-bond donors (Lipinski definition) is 0. The fraction of sp³-hybridized carbons (Fsp3) is 0.333. The topological polar surface area (TPSA) is 73.3 Å².